The van der Waals surface area contributed by atoms with E-state index in [-0.39, 0.29) is 23.9 Å². The molecule has 2 amide bonds. The lowest BCUT2D eigenvalue weighted by Crippen LogP contribution is -2.55. The van der Waals surface area contributed by atoms with Crippen LogP contribution in [0, 0.1) is 5.41 Å². The molecular formula is C13H27N3O2. The fraction of sp³-hybridized carbons (Fsp3) is 0.846. The average molecular weight is 257 g/mol. The Labute approximate surface area is 110 Å². The van der Waals surface area contributed by atoms with E-state index in [1.54, 1.807) is 0 Å². The maximum atomic E-state index is 11.8. The highest BCUT2D eigenvalue weighted by Crippen LogP contribution is 2.13. The van der Waals surface area contributed by atoms with E-state index in [0.717, 1.165) is 12.8 Å². The summed E-state index contributed by atoms with van der Waals surface area (Å²) < 4.78 is 0. The molecule has 0 saturated carbocycles. The van der Waals surface area contributed by atoms with Gasteiger partial charge in [-0.25, -0.2) is 0 Å². The average Bonchev–Trinajstić information content (AvgIpc) is 2.32. The summed E-state index contributed by atoms with van der Waals surface area (Å²) >= 11 is 0. The summed E-state index contributed by atoms with van der Waals surface area (Å²) in [6.07, 6.45) is 1.55. The second kappa shape index (κ2) is 6.73. The molecule has 5 nitrogen and oxygen atoms in total. The van der Waals surface area contributed by atoms with E-state index < -0.39 is 5.41 Å². The third-order valence-corrected chi connectivity index (χ3v) is 3.24. The fourth-order valence-electron chi connectivity index (χ4n) is 1.53. The summed E-state index contributed by atoms with van der Waals surface area (Å²) in [6.45, 7) is 9.80. The molecule has 0 atom stereocenters. The van der Waals surface area contributed by atoms with E-state index in [2.05, 4.69) is 10.6 Å². The van der Waals surface area contributed by atoms with Crippen LogP contribution in [-0.4, -0.2) is 30.4 Å². The molecule has 0 aliphatic heterocycles. The molecule has 0 fully saturated rings. The molecule has 0 saturated heterocycles. The van der Waals surface area contributed by atoms with Crippen LogP contribution < -0.4 is 16.4 Å². The van der Waals surface area contributed by atoms with Crippen LogP contribution in [0.2, 0.25) is 0 Å². The molecular weight excluding hydrogens is 230 g/mol. The molecule has 0 aromatic rings. The zero-order chi connectivity index (χ0) is 14.4. The van der Waals surface area contributed by atoms with Crippen molar-refractivity contribution in [2.75, 3.05) is 13.1 Å². The Morgan fingerprint density at radius 1 is 1.11 bits per heavy atom. The number of hydrogen-bond donors (Lipinski definition) is 3. The molecule has 0 unspecified atom stereocenters. The Morgan fingerprint density at radius 2 is 1.61 bits per heavy atom. The number of carbonyl (C=O) groups excluding carboxylic acids is 2. The van der Waals surface area contributed by atoms with Gasteiger partial charge in [0, 0.05) is 12.0 Å². The van der Waals surface area contributed by atoms with Gasteiger partial charge in [0.25, 0.3) is 0 Å². The Morgan fingerprint density at radius 3 is 1.94 bits per heavy atom. The predicted octanol–water partition coefficient (Wildman–Crippen LogP) is 0.782. The van der Waals surface area contributed by atoms with Gasteiger partial charge in [0.2, 0.25) is 11.8 Å². The van der Waals surface area contributed by atoms with Gasteiger partial charge in [0.1, 0.15) is 0 Å². The normalized spacial score (nSPS) is 12.1. The van der Waals surface area contributed by atoms with Crippen molar-refractivity contribution in [3.63, 3.8) is 0 Å². The van der Waals surface area contributed by atoms with Gasteiger partial charge in [-0.05, 0) is 12.8 Å². The Bertz CT molecular complexity index is 283. The van der Waals surface area contributed by atoms with Crippen LogP contribution >= 0.6 is 0 Å². The van der Waals surface area contributed by atoms with Gasteiger partial charge < -0.3 is 16.4 Å². The number of carbonyl (C=O) groups is 2. The Kier molecular flexibility index (Phi) is 6.32. The SMILES string of the molecule is CCC(CC)(CN)NC(=O)CNC(=O)C(C)(C)C. The third-order valence-electron chi connectivity index (χ3n) is 3.24. The first kappa shape index (κ1) is 16.9. The molecule has 0 aliphatic carbocycles. The van der Waals surface area contributed by atoms with Gasteiger partial charge in [0.05, 0.1) is 12.1 Å². The van der Waals surface area contributed by atoms with Crippen molar-refractivity contribution < 1.29 is 9.59 Å². The van der Waals surface area contributed by atoms with E-state index in [0.29, 0.717) is 6.54 Å². The van der Waals surface area contributed by atoms with Crippen molar-refractivity contribution in [3.8, 4) is 0 Å². The molecule has 0 aromatic carbocycles. The first-order valence-corrected chi connectivity index (χ1v) is 6.50. The molecule has 0 aromatic heterocycles. The summed E-state index contributed by atoms with van der Waals surface area (Å²) in [5.74, 6) is -0.328. The molecule has 4 N–H and O–H groups in total. The van der Waals surface area contributed by atoms with E-state index in [1.165, 1.54) is 0 Å². The van der Waals surface area contributed by atoms with Crippen molar-refractivity contribution in [2.45, 2.75) is 53.0 Å². The fourth-order valence-corrected chi connectivity index (χ4v) is 1.53. The van der Waals surface area contributed by atoms with Crippen molar-refractivity contribution in [2.24, 2.45) is 11.1 Å². The molecule has 106 valence electrons. The molecule has 0 heterocycles. The summed E-state index contributed by atoms with van der Waals surface area (Å²) in [5, 5.41) is 5.53. The zero-order valence-corrected chi connectivity index (χ0v) is 12.2. The second-order valence-electron chi connectivity index (χ2n) is 5.67. The maximum absolute atomic E-state index is 11.8. The standard InChI is InChI=1S/C13H27N3O2/c1-6-13(7-2,9-14)16-10(17)8-15-11(18)12(3,4)5/h6-9,14H2,1-5H3,(H,15,18)(H,16,17). The number of amides is 2. The third kappa shape index (κ3) is 5.04. The minimum absolute atomic E-state index is 0.00213. The molecule has 0 aliphatic rings. The van der Waals surface area contributed by atoms with Crippen molar-refractivity contribution in [1.82, 2.24) is 10.6 Å². The summed E-state index contributed by atoms with van der Waals surface area (Å²) in [6, 6.07) is 0. The van der Waals surface area contributed by atoms with Gasteiger partial charge in [-0.15, -0.1) is 0 Å². The smallest absolute Gasteiger partial charge is 0.239 e. The monoisotopic (exact) mass is 257 g/mol. The first-order chi connectivity index (χ1) is 8.20. The predicted molar refractivity (Wildman–Crippen MR) is 73.0 cm³/mol. The Balaban J connectivity index is 4.32. The molecule has 5 heteroatoms. The Hall–Kier alpha value is -1.10. The highest BCUT2D eigenvalue weighted by molar-refractivity contribution is 5.87. The summed E-state index contributed by atoms with van der Waals surface area (Å²) in [5.41, 5.74) is 4.86. The lowest BCUT2D eigenvalue weighted by molar-refractivity contribution is -0.131. The molecule has 0 rings (SSSR count). The van der Waals surface area contributed by atoms with Crippen molar-refractivity contribution >= 4 is 11.8 Å². The summed E-state index contributed by atoms with van der Waals surface area (Å²) in [4.78, 5) is 23.4. The van der Waals surface area contributed by atoms with E-state index >= 15 is 0 Å². The number of rotatable bonds is 6. The van der Waals surface area contributed by atoms with Crippen LogP contribution in [0.15, 0.2) is 0 Å². The topological polar surface area (TPSA) is 84.2 Å². The molecule has 0 spiro atoms. The molecule has 0 radical (unpaired) electrons. The number of nitrogens with two attached hydrogens (primary N) is 1. The van der Waals surface area contributed by atoms with Crippen LogP contribution in [0.4, 0.5) is 0 Å². The van der Waals surface area contributed by atoms with Gasteiger partial charge >= 0.3 is 0 Å². The van der Waals surface area contributed by atoms with Crippen LogP contribution in [0.25, 0.3) is 0 Å². The van der Waals surface area contributed by atoms with E-state index in [9.17, 15) is 9.59 Å². The molecule has 0 bridgehead atoms. The lowest BCUT2D eigenvalue weighted by atomic mass is 9.93. The number of nitrogens with one attached hydrogen (secondary N) is 2. The molecule has 18 heavy (non-hydrogen) atoms. The largest absolute Gasteiger partial charge is 0.348 e. The van der Waals surface area contributed by atoms with Crippen molar-refractivity contribution in [3.05, 3.63) is 0 Å². The van der Waals surface area contributed by atoms with Gasteiger partial charge in [-0.2, -0.15) is 0 Å². The van der Waals surface area contributed by atoms with Gasteiger partial charge in [-0.1, -0.05) is 34.6 Å². The highest BCUT2D eigenvalue weighted by atomic mass is 16.2. The van der Waals surface area contributed by atoms with E-state index in [4.69, 9.17) is 5.73 Å². The zero-order valence-electron chi connectivity index (χ0n) is 12.2. The van der Waals surface area contributed by atoms with Crippen LogP contribution in [0.5, 0.6) is 0 Å². The van der Waals surface area contributed by atoms with Gasteiger partial charge in [-0.3, -0.25) is 9.59 Å². The van der Waals surface area contributed by atoms with Crippen LogP contribution in [0.3, 0.4) is 0 Å². The quantitative estimate of drug-likeness (QED) is 0.657. The van der Waals surface area contributed by atoms with Crippen molar-refractivity contribution in [1.29, 1.82) is 0 Å². The lowest BCUT2D eigenvalue weighted by Gasteiger charge is -2.31. The number of hydrogen-bond acceptors (Lipinski definition) is 3. The second-order valence-corrected chi connectivity index (χ2v) is 5.67. The minimum Gasteiger partial charge on any atom is -0.348 e. The van der Waals surface area contributed by atoms with Crippen LogP contribution in [-0.2, 0) is 9.59 Å². The van der Waals surface area contributed by atoms with Gasteiger partial charge in [0.15, 0.2) is 0 Å². The maximum Gasteiger partial charge on any atom is 0.239 e. The first-order valence-electron chi connectivity index (χ1n) is 6.50. The summed E-state index contributed by atoms with van der Waals surface area (Å²) in [7, 11) is 0. The minimum atomic E-state index is -0.485. The highest BCUT2D eigenvalue weighted by Gasteiger charge is 2.27. The van der Waals surface area contributed by atoms with Crippen LogP contribution in [0.1, 0.15) is 47.5 Å². The van der Waals surface area contributed by atoms with E-state index in [1.807, 2.05) is 34.6 Å².